The van der Waals surface area contributed by atoms with Crippen LogP contribution < -0.4 is 9.47 Å². The largest absolute Gasteiger partial charge is 0.619 e. The standard InChI is InChI=1S/C21H18N2O3/c24-21(18-10-6-12-23(25)14-18)22-13-17-9-4-5-11-19(17)26-20(15-22)16-7-2-1-3-8-16/h1-12,14,20H,13,15H2/t20-/m1/s1. The van der Waals surface area contributed by atoms with Crippen molar-refractivity contribution in [3.63, 3.8) is 0 Å². The zero-order chi connectivity index (χ0) is 17.9. The lowest BCUT2D eigenvalue weighted by Gasteiger charge is -2.24. The van der Waals surface area contributed by atoms with Gasteiger partial charge < -0.3 is 14.8 Å². The zero-order valence-electron chi connectivity index (χ0n) is 14.1. The molecule has 0 spiro atoms. The predicted octanol–water partition coefficient (Wildman–Crippen LogP) is 3.10. The number of ether oxygens (including phenoxy) is 1. The summed E-state index contributed by atoms with van der Waals surface area (Å²) >= 11 is 0. The minimum atomic E-state index is -0.271. The molecule has 2 aromatic carbocycles. The molecule has 0 saturated heterocycles. The van der Waals surface area contributed by atoms with Crippen LogP contribution in [0.1, 0.15) is 27.6 Å². The van der Waals surface area contributed by atoms with Crippen LogP contribution in [0.25, 0.3) is 0 Å². The Kier molecular flexibility index (Phi) is 4.27. The molecule has 1 aliphatic rings. The molecule has 3 aromatic rings. The number of aromatic nitrogens is 1. The molecule has 5 nitrogen and oxygen atoms in total. The number of carbonyl (C=O) groups excluding carboxylic acids is 1. The van der Waals surface area contributed by atoms with Crippen LogP contribution in [0.3, 0.4) is 0 Å². The van der Waals surface area contributed by atoms with Crippen LogP contribution in [0.5, 0.6) is 5.75 Å². The van der Waals surface area contributed by atoms with E-state index in [1.165, 1.54) is 12.4 Å². The van der Waals surface area contributed by atoms with Gasteiger partial charge in [0.1, 0.15) is 17.4 Å². The van der Waals surface area contributed by atoms with Gasteiger partial charge in [-0.25, -0.2) is 0 Å². The average molecular weight is 346 g/mol. The van der Waals surface area contributed by atoms with Gasteiger partial charge in [0.15, 0.2) is 12.4 Å². The van der Waals surface area contributed by atoms with Gasteiger partial charge >= 0.3 is 0 Å². The van der Waals surface area contributed by atoms with E-state index in [0.717, 1.165) is 16.9 Å². The lowest BCUT2D eigenvalue weighted by atomic mass is 10.1. The molecule has 1 atom stereocenters. The molecule has 5 heteroatoms. The third-order valence-electron chi connectivity index (χ3n) is 4.47. The van der Waals surface area contributed by atoms with Crippen molar-refractivity contribution in [2.75, 3.05) is 6.54 Å². The summed E-state index contributed by atoms with van der Waals surface area (Å²) in [5.74, 6) is 0.597. The number of para-hydroxylation sites is 1. The van der Waals surface area contributed by atoms with Crippen molar-refractivity contribution in [3.8, 4) is 5.75 Å². The van der Waals surface area contributed by atoms with Gasteiger partial charge in [0.25, 0.3) is 5.91 Å². The van der Waals surface area contributed by atoms with Crippen LogP contribution in [-0.4, -0.2) is 17.4 Å². The minimum Gasteiger partial charge on any atom is -0.619 e. The van der Waals surface area contributed by atoms with Crippen LogP contribution in [0.4, 0.5) is 0 Å². The fourth-order valence-electron chi connectivity index (χ4n) is 3.17. The maximum absolute atomic E-state index is 13.0. The van der Waals surface area contributed by atoms with Crippen molar-refractivity contribution in [3.05, 3.63) is 101 Å². The van der Waals surface area contributed by atoms with Crippen molar-refractivity contribution < 1.29 is 14.3 Å². The first-order valence-electron chi connectivity index (χ1n) is 8.48. The Hall–Kier alpha value is -3.34. The molecule has 1 aliphatic heterocycles. The molecule has 1 amide bonds. The Morgan fingerprint density at radius 3 is 2.62 bits per heavy atom. The van der Waals surface area contributed by atoms with Crippen molar-refractivity contribution in [1.82, 2.24) is 4.90 Å². The minimum absolute atomic E-state index is 0.184. The van der Waals surface area contributed by atoms with Gasteiger partial charge in [0.2, 0.25) is 0 Å². The highest BCUT2D eigenvalue weighted by Crippen LogP contribution is 2.31. The fourth-order valence-corrected chi connectivity index (χ4v) is 3.17. The Bertz CT molecular complexity index is 927. The summed E-state index contributed by atoms with van der Waals surface area (Å²) in [6.07, 6.45) is 2.40. The molecule has 0 saturated carbocycles. The maximum Gasteiger partial charge on any atom is 0.260 e. The van der Waals surface area contributed by atoms with Gasteiger partial charge in [0.05, 0.1) is 6.54 Å². The van der Waals surface area contributed by atoms with Crippen LogP contribution in [0, 0.1) is 5.21 Å². The first-order valence-corrected chi connectivity index (χ1v) is 8.48. The summed E-state index contributed by atoms with van der Waals surface area (Å²) in [4.78, 5) is 14.7. The average Bonchev–Trinajstić information content (AvgIpc) is 2.88. The second-order valence-electron chi connectivity index (χ2n) is 6.26. The molecule has 4 rings (SSSR count). The molecule has 0 radical (unpaired) electrons. The van der Waals surface area contributed by atoms with Gasteiger partial charge in [-0.1, -0.05) is 48.5 Å². The number of amides is 1. The molecule has 1 aromatic heterocycles. The molecule has 0 unspecified atom stereocenters. The Balaban J connectivity index is 1.71. The number of hydrogen-bond acceptors (Lipinski definition) is 3. The van der Waals surface area contributed by atoms with E-state index in [9.17, 15) is 10.0 Å². The second-order valence-corrected chi connectivity index (χ2v) is 6.26. The topological polar surface area (TPSA) is 56.5 Å². The van der Waals surface area contributed by atoms with Gasteiger partial charge in [-0.2, -0.15) is 4.73 Å². The van der Waals surface area contributed by atoms with Crippen LogP contribution in [0.15, 0.2) is 79.1 Å². The third kappa shape index (κ3) is 3.24. The van der Waals surface area contributed by atoms with Gasteiger partial charge in [-0.3, -0.25) is 4.79 Å². The summed E-state index contributed by atoms with van der Waals surface area (Å²) in [6, 6.07) is 20.8. The predicted molar refractivity (Wildman–Crippen MR) is 96.4 cm³/mol. The van der Waals surface area contributed by atoms with E-state index in [1.54, 1.807) is 17.0 Å². The van der Waals surface area contributed by atoms with E-state index < -0.39 is 0 Å². The monoisotopic (exact) mass is 346 g/mol. The quantitative estimate of drug-likeness (QED) is 0.529. The van der Waals surface area contributed by atoms with E-state index >= 15 is 0 Å². The van der Waals surface area contributed by atoms with Crippen molar-refractivity contribution in [2.45, 2.75) is 12.6 Å². The van der Waals surface area contributed by atoms with E-state index in [4.69, 9.17) is 4.74 Å². The molecule has 130 valence electrons. The van der Waals surface area contributed by atoms with E-state index in [2.05, 4.69) is 0 Å². The number of pyridine rings is 1. The number of hydrogen-bond donors (Lipinski definition) is 0. The molecule has 0 fully saturated rings. The van der Waals surface area contributed by atoms with E-state index in [0.29, 0.717) is 23.4 Å². The summed E-state index contributed by atoms with van der Waals surface area (Å²) in [6.45, 7) is 0.845. The summed E-state index contributed by atoms with van der Waals surface area (Å²) in [5.41, 5.74) is 2.33. The smallest absolute Gasteiger partial charge is 0.260 e. The SMILES string of the molecule is O=C(c1ccc[n+]([O-])c1)N1Cc2ccccc2O[C@@H](c2ccccc2)C1. The maximum atomic E-state index is 13.0. The summed E-state index contributed by atoms with van der Waals surface area (Å²) < 4.78 is 6.87. The van der Waals surface area contributed by atoms with Crippen molar-refractivity contribution >= 4 is 5.91 Å². The number of nitrogens with zero attached hydrogens (tertiary/aromatic N) is 2. The lowest BCUT2D eigenvalue weighted by molar-refractivity contribution is -0.605. The Morgan fingerprint density at radius 1 is 1.04 bits per heavy atom. The second kappa shape index (κ2) is 6.88. The molecular weight excluding hydrogens is 328 g/mol. The van der Waals surface area contributed by atoms with Gasteiger partial charge in [0, 0.05) is 18.2 Å². The Labute approximate surface area is 151 Å². The third-order valence-corrected chi connectivity index (χ3v) is 4.47. The number of fused-ring (bicyclic) bond motifs is 1. The van der Waals surface area contributed by atoms with Crippen molar-refractivity contribution in [1.29, 1.82) is 0 Å². The highest BCUT2D eigenvalue weighted by Gasteiger charge is 2.28. The van der Waals surface area contributed by atoms with Crippen molar-refractivity contribution in [2.24, 2.45) is 0 Å². The van der Waals surface area contributed by atoms with Crippen LogP contribution >= 0.6 is 0 Å². The highest BCUT2D eigenvalue weighted by atomic mass is 16.5. The summed E-state index contributed by atoms with van der Waals surface area (Å²) in [5, 5.41) is 11.6. The van der Waals surface area contributed by atoms with Gasteiger partial charge in [-0.05, 0) is 17.7 Å². The molecular formula is C21H18N2O3. The van der Waals surface area contributed by atoms with Crippen LogP contribution in [-0.2, 0) is 6.54 Å². The first-order chi connectivity index (χ1) is 12.7. The molecule has 0 bridgehead atoms. The normalized spacial score (nSPS) is 16.3. The number of carbonyl (C=O) groups is 1. The van der Waals surface area contributed by atoms with E-state index in [1.807, 2.05) is 54.6 Å². The number of rotatable bonds is 2. The molecule has 26 heavy (non-hydrogen) atoms. The fraction of sp³-hybridized carbons (Fsp3) is 0.143. The number of benzene rings is 2. The summed E-state index contributed by atoms with van der Waals surface area (Å²) in [7, 11) is 0. The molecule has 2 heterocycles. The lowest BCUT2D eigenvalue weighted by Crippen LogP contribution is -2.36. The Morgan fingerprint density at radius 2 is 1.81 bits per heavy atom. The van der Waals surface area contributed by atoms with Crippen LogP contribution in [0.2, 0.25) is 0 Å². The molecule has 0 N–H and O–H groups in total. The first kappa shape index (κ1) is 16.1. The highest BCUT2D eigenvalue weighted by molar-refractivity contribution is 5.93. The van der Waals surface area contributed by atoms with Gasteiger partial charge in [-0.15, -0.1) is 0 Å². The molecule has 0 aliphatic carbocycles. The zero-order valence-corrected chi connectivity index (χ0v) is 14.1. The van der Waals surface area contributed by atoms with E-state index in [-0.39, 0.29) is 12.0 Å².